The van der Waals surface area contributed by atoms with Crippen molar-refractivity contribution in [2.75, 3.05) is 18.4 Å². The molecule has 0 saturated carbocycles. The van der Waals surface area contributed by atoms with Gasteiger partial charge in [0.25, 0.3) is 5.91 Å². The Balaban J connectivity index is 1.35. The molecule has 5 heteroatoms. The number of furan rings is 1. The predicted octanol–water partition coefficient (Wildman–Crippen LogP) is 4.32. The maximum atomic E-state index is 13.2. The topological polar surface area (TPSA) is 62.6 Å². The van der Waals surface area contributed by atoms with Gasteiger partial charge in [-0.2, -0.15) is 0 Å². The van der Waals surface area contributed by atoms with Gasteiger partial charge < -0.3 is 14.6 Å². The lowest BCUT2D eigenvalue weighted by atomic mass is 9.81. The molecule has 4 aromatic rings. The highest BCUT2D eigenvalue weighted by atomic mass is 16.3. The summed E-state index contributed by atoms with van der Waals surface area (Å²) in [6.45, 7) is 0.950. The first-order valence-corrected chi connectivity index (χ1v) is 9.77. The van der Waals surface area contributed by atoms with Crippen LogP contribution in [0.1, 0.15) is 22.3 Å². The van der Waals surface area contributed by atoms with E-state index in [-0.39, 0.29) is 11.8 Å². The number of carbonyl (C=O) groups is 2. The van der Waals surface area contributed by atoms with Crippen molar-refractivity contribution in [3.63, 3.8) is 0 Å². The molecule has 5 nitrogen and oxygen atoms in total. The number of para-hydroxylation sites is 2. The van der Waals surface area contributed by atoms with Crippen LogP contribution in [0.3, 0.4) is 0 Å². The highest BCUT2D eigenvalue weighted by Gasteiger charge is 2.52. The van der Waals surface area contributed by atoms with Crippen molar-refractivity contribution in [2.24, 2.45) is 0 Å². The fourth-order valence-corrected chi connectivity index (χ4v) is 4.80. The van der Waals surface area contributed by atoms with Crippen LogP contribution in [0.4, 0.5) is 5.69 Å². The molecule has 1 saturated heterocycles. The van der Waals surface area contributed by atoms with Crippen LogP contribution >= 0.6 is 0 Å². The Bertz CT molecular complexity index is 1320. The van der Waals surface area contributed by atoms with Gasteiger partial charge in [-0.1, -0.05) is 36.4 Å². The average Bonchev–Trinajstić information content (AvgIpc) is 3.42. The van der Waals surface area contributed by atoms with Crippen LogP contribution in [-0.2, 0) is 10.2 Å². The van der Waals surface area contributed by atoms with Crippen LogP contribution in [0.5, 0.6) is 0 Å². The molecule has 1 unspecified atom stereocenters. The van der Waals surface area contributed by atoms with Gasteiger partial charge in [-0.3, -0.25) is 9.59 Å². The normalized spacial score (nSPS) is 20.6. The van der Waals surface area contributed by atoms with Gasteiger partial charge in [0.2, 0.25) is 5.91 Å². The molecular formula is C24H18N2O3. The molecule has 142 valence electrons. The molecule has 1 N–H and O–H groups in total. The van der Waals surface area contributed by atoms with Crippen molar-refractivity contribution < 1.29 is 14.0 Å². The lowest BCUT2D eigenvalue weighted by Crippen LogP contribution is -2.39. The number of hydrogen-bond acceptors (Lipinski definition) is 3. The van der Waals surface area contributed by atoms with Crippen molar-refractivity contribution in [1.82, 2.24) is 4.90 Å². The van der Waals surface area contributed by atoms with Gasteiger partial charge in [0, 0.05) is 35.1 Å². The SMILES string of the molecule is O=C(c1ccc2c(c1)oc1ccccc12)N1CCC2(C1)C(=O)Nc1ccccc12. The number of fused-ring (bicyclic) bond motifs is 5. The second-order valence-corrected chi connectivity index (χ2v) is 7.87. The Morgan fingerprint density at radius 2 is 1.76 bits per heavy atom. The molecule has 1 aromatic heterocycles. The summed E-state index contributed by atoms with van der Waals surface area (Å²) in [4.78, 5) is 27.8. The summed E-state index contributed by atoms with van der Waals surface area (Å²) in [6, 6.07) is 21.2. The van der Waals surface area contributed by atoms with Crippen molar-refractivity contribution in [3.05, 3.63) is 77.9 Å². The Morgan fingerprint density at radius 3 is 2.69 bits per heavy atom. The number of nitrogens with zero attached hydrogens (tertiary/aromatic N) is 1. The molecule has 3 aromatic carbocycles. The van der Waals surface area contributed by atoms with Gasteiger partial charge in [-0.05, 0) is 42.3 Å². The van der Waals surface area contributed by atoms with Crippen molar-refractivity contribution in [2.45, 2.75) is 11.8 Å². The lowest BCUT2D eigenvalue weighted by molar-refractivity contribution is -0.120. The molecular weight excluding hydrogens is 364 g/mol. The van der Waals surface area contributed by atoms with E-state index in [4.69, 9.17) is 4.42 Å². The monoisotopic (exact) mass is 382 g/mol. The standard InChI is InChI=1S/C24H18N2O3/c27-22(15-9-10-17-16-5-1-4-8-20(16)29-21(17)13-15)26-12-11-24(14-26)18-6-2-3-7-19(18)25-23(24)28/h1-10,13H,11-12,14H2,(H,25,28). The summed E-state index contributed by atoms with van der Waals surface area (Å²) < 4.78 is 5.93. The second kappa shape index (κ2) is 5.70. The highest BCUT2D eigenvalue weighted by molar-refractivity contribution is 6.09. The Hall–Kier alpha value is -3.60. The number of carbonyl (C=O) groups excluding carboxylic acids is 2. The molecule has 0 aliphatic carbocycles. The molecule has 2 amide bonds. The van der Waals surface area contributed by atoms with Crippen molar-refractivity contribution in [1.29, 1.82) is 0 Å². The molecule has 1 atom stereocenters. The first-order chi connectivity index (χ1) is 14.2. The van der Waals surface area contributed by atoms with Crippen LogP contribution in [0, 0.1) is 0 Å². The molecule has 3 heterocycles. The minimum absolute atomic E-state index is 0.0123. The molecule has 29 heavy (non-hydrogen) atoms. The third-order valence-corrected chi connectivity index (χ3v) is 6.31. The Kier molecular flexibility index (Phi) is 3.22. The summed E-state index contributed by atoms with van der Waals surface area (Å²) in [6.07, 6.45) is 0.633. The molecule has 6 rings (SSSR count). The average molecular weight is 382 g/mol. The van der Waals surface area contributed by atoms with E-state index in [1.807, 2.05) is 66.7 Å². The molecule has 2 aliphatic heterocycles. The summed E-state index contributed by atoms with van der Waals surface area (Å²) in [5.41, 5.74) is 3.31. The number of rotatable bonds is 1. The molecule has 0 radical (unpaired) electrons. The van der Waals surface area contributed by atoms with E-state index in [9.17, 15) is 9.59 Å². The van der Waals surface area contributed by atoms with Crippen LogP contribution in [-0.4, -0.2) is 29.8 Å². The van der Waals surface area contributed by atoms with Crippen LogP contribution in [0.2, 0.25) is 0 Å². The van der Waals surface area contributed by atoms with Gasteiger partial charge in [0.15, 0.2) is 0 Å². The maximum Gasteiger partial charge on any atom is 0.254 e. The number of likely N-dealkylation sites (tertiary alicyclic amines) is 1. The molecule has 2 aliphatic rings. The van der Waals surface area contributed by atoms with E-state index in [0.717, 1.165) is 27.6 Å². The second-order valence-electron chi connectivity index (χ2n) is 7.87. The van der Waals surface area contributed by atoms with Crippen molar-refractivity contribution >= 4 is 39.4 Å². The summed E-state index contributed by atoms with van der Waals surface area (Å²) in [5, 5.41) is 5.02. The van der Waals surface area contributed by atoms with E-state index in [1.54, 1.807) is 4.90 Å². The number of benzene rings is 3. The van der Waals surface area contributed by atoms with Crippen LogP contribution in [0.25, 0.3) is 21.9 Å². The lowest BCUT2D eigenvalue weighted by Gasteiger charge is -2.22. The maximum absolute atomic E-state index is 13.2. The van der Waals surface area contributed by atoms with Gasteiger partial charge >= 0.3 is 0 Å². The zero-order chi connectivity index (χ0) is 19.6. The van der Waals surface area contributed by atoms with E-state index < -0.39 is 5.41 Å². The molecule has 0 bridgehead atoms. The van der Waals surface area contributed by atoms with E-state index in [0.29, 0.717) is 30.7 Å². The number of nitrogens with one attached hydrogen (secondary N) is 1. The smallest absolute Gasteiger partial charge is 0.254 e. The summed E-state index contributed by atoms with van der Waals surface area (Å²) in [5.74, 6) is -0.0804. The quantitative estimate of drug-likeness (QED) is 0.533. The fraction of sp³-hybridized carbons (Fsp3) is 0.167. The minimum Gasteiger partial charge on any atom is -0.456 e. The number of amides is 2. The zero-order valence-corrected chi connectivity index (χ0v) is 15.6. The van der Waals surface area contributed by atoms with Crippen LogP contribution < -0.4 is 5.32 Å². The largest absolute Gasteiger partial charge is 0.456 e. The third-order valence-electron chi connectivity index (χ3n) is 6.31. The highest BCUT2D eigenvalue weighted by Crippen LogP contribution is 2.44. The third kappa shape index (κ3) is 2.21. The van der Waals surface area contributed by atoms with Gasteiger partial charge in [0.1, 0.15) is 11.2 Å². The minimum atomic E-state index is -0.643. The van der Waals surface area contributed by atoms with E-state index >= 15 is 0 Å². The predicted molar refractivity (Wildman–Crippen MR) is 111 cm³/mol. The van der Waals surface area contributed by atoms with Gasteiger partial charge in [-0.15, -0.1) is 0 Å². The first-order valence-electron chi connectivity index (χ1n) is 9.77. The van der Waals surface area contributed by atoms with E-state index in [1.165, 1.54) is 0 Å². The van der Waals surface area contributed by atoms with Gasteiger partial charge in [-0.25, -0.2) is 0 Å². The van der Waals surface area contributed by atoms with Gasteiger partial charge in [0.05, 0.1) is 5.41 Å². The number of anilines is 1. The van der Waals surface area contributed by atoms with Crippen LogP contribution in [0.15, 0.2) is 71.1 Å². The number of hydrogen-bond donors (Lipinski definition) is 1. The Morgan fingerprint density at radius 1 is 0.966 bits per heavy atom. The Labute approximate surface area is 166 Å². The fourth-order valence-electron chi connectivity index (χ4n) is 4.80. The van der Waals surface area contributed by atoms with E-state index in [2.05, 4.69) is 5.32 Å². The molecule has 1 spiro atoms. The zero-order valence-electron chi connectivity index (χ0n) is 15.6. The molecule has 1 fully saturated rings. The summed E-state index contributed by atoms with van der Waals surface area (Å²) in [7, 11) is 0. The first kappa shape index (κ1) is 16.4. The summed E-state index contributed by atoms with van der Waals surface area (Å²) >= 11 is 0. The van der Waals surface area contributed by atoms with Crippen molar-refractivity contribution in [3.8, 4) is 0 Å².